The van der Waals surface area contributed by atoms with E-state index < -0.39 is 5.91 Å². The zero-order chi connectivity index (χ0) is 13.4. The van der Waals surface area contributed by atoms with Crippen LogP contribution in [0.25, 0.3) is 0 Å². The van der Waals surface area contributed by atoms with Crippen molar-refractivity contribution in [2.45, 2.75) is 0 Å². The first-order valence-electron chi connectivity index (χ1n) is 5.31. The third-order valence-corrected chi connectivity index (χ3v) is 2.04. The Morgan fingerprint density at radius 3 is 2.94 bits per heavy atom. The first-order valence-corrected chi connectivity index (χ1v) is 5.31. The van der Waals surface area contributed by atoms with Crippen molar-refractivity contribution in [1.29, 1.82) is 0 Å². The summed E-state index contributed by atoms with van der Waals surface area (Å²) in [5.74, 6) is 4.68. The molecule has 0 aromatic carbocycles. The average molecular weight is 246 g/mol. The predicted octanol–water partition coefficient (Wildman–Crippen LogP) is -1.13. The molecule has 4 N–H and O–H groups in total. The summed E-state index contributed by atoms with van der Waals surface area (Å²) >= 11 is 0. The second kappa shape index (κ2) is 7.04. The van der Waals surface area contributed by atoms with Gasteiger partial charge < -0.3 is 16.4 Å². The number of nitrogens with one attached hydrogen (secondary N) is 2. The monoisotopic (exact) mass is 246 g/mol. The molecule has 0 saturated heterocycles. The van der Waals surface area contributed by atoms with Gasteiger partial charge in [-0.3, -0.25) is 9.59 Å². The quantitative estimate of drug-likeness (QED) is 0.588. The van der Waals surface area contributed by atoms with E-state index in [2.05, 4.69) is 27.5 Å². The summed E-state index contributed by atoms with van der Waals surface area (Å²) in [6, 6.07) is 3.35. The van der Waals surface area contributed by atoms with Crippen LogP contribution in [0, 0.1) is 11.8 Å². The zero-order valence-electron chi connectivity index (χ0n) is 9.99. The van der Waals surface area contributed by atoms with Crippen LogP contribution in [-0.4, -0.2) is 36.9 Å². The minimum Gasteiger partial charge on any atom is -0.358 e. The Kier molecular flexibility index (Phi) is 5.35. The molecule has 6 nitrogen and oxygen atoms in total. The molecule has 18 heavy (non-hydrogen) atoms. The highest BCUT2D eigenvalue weighted by atomic mass is 16.2. The third kappa shape index (κ3) is 3.88. The Morgan fingerprint density at radius 1 is 1.50 bits per heavy atom. The van der Waals surface area contributed by atoms with Gasteiger partial charge in [-0.1, -0.05) is 11.8 Å². The fourth-order valence-electron chi connectivity index (χ4n) is 1.17. The summed E-state index contributed by atoms with van der Waals surface area (Å²) < 4.78 is 0. The minimum atomic E-state index is -0.444. The van der Waals surface area contributed by atoms with Gasteiger partial charge in [-0.25, -0.2) is 4.98 Å². The van der Waals surface area contributed by atoms with Gasteiger partial charge in [-0.2, -0.15) is 0 Å². The number of likely N-dealkylation sites (N-methyl/N-ethyl adjacent to an activating group) is 1. The van der Waals surface area contributed by atoms with Crippen molar-refractivity contribution < 1.29 is 9.59 Å². The summed E-state index contributed by atoms with van der Waals surface area (Å²) in [4.78, 5) is 26.8. The molecule has 0 atom stereocenters. The molecule has 0 fully saturated rings. The molecule has 94 valence electrons. The molecule has 0 aliphatic rings. The van der Waals surface area contributed by atoms with Crippen LogP contribution in [0.15, 0.2) is 18.3 Å². The van der Waals surface area contributed by atoms with Crippen LogP contribution in [0.1, 0.15) is 16.1 Å². The Labute approximate surface area is 105 Å². The maximum Gasteiger partial charge on any atom is 0.271 e. The van der Waals surface area contributed by atoms with Gasteiger partial charge in [0, 0.05) is 13.2 Å². The number of pyridine rings is 1. The molecule has 0 bridgehead atoms. The molecule has 0 unspecified atom stereocenters. The van der Waals surface area contributed by atoms with Crippen LogP contribution in [-0.2, 0) is 4.79 Å². The van der Waals surface area contributed by atoms with Crippen LogP contribution >= 0.6 is 0 Å². The number of carbonyl (C=O) groups excluding carboxylic acids is 2. The van der Waals surface area contributed by atoms with Gasteiger partial charge in [0.15, 0.2) is 0 Å². The molecular formula is C12H14N4O2. The third-order valence-electron chi connectivity index (χ3n) is 2.04. The molecule has 1 heterocycles. The van der Waals surface area contributed by atoms with Crippen molar-refractivity contribution in [2.24, 2.45) is 5.73 Å². The van der Waals surface area contributed by atoms with Crippen molar-refractivity contribution in [1.82, 2.24) is 15.6 Å². The van der Waals surface area contributed by atoms with Crippen LogP contribution < -0.4 is 16.4 Å². The number of hydrogen-bond donors (Lipinski definition) is 3. The first kappa shape index (κ1) is 13.7. The summed E-state index contributed by atoms with van der Waals surface area (Å²) in [5.41, 5.74) is 5.94. The van der Waals surface area contributed by atoms with Gasteiger partial charge in [0.25, 0.3) is 5.91 Å². The van der Waals surface area contributed by atoms with Gasteiger partial charge in [0.1, 0.15) is 5.69 Å². The zero-order valence-corrected chi connectivity index (χ0v) is 9.99. The normalized spacial score (nSPS) is 9.00. The molecule has 0 saturated carbocycles. The average Bonchev–Trinajstić information content (AvgIpc) is 2.42. The highest BCUT2D eigenvalue weighted by Gasteiger charge is 2.11. The van der Waals surface area contributed by atoms with Crippen molar-refractivity contribution in [3.05, 3.63) is 29.6 Å². The van der Waals surface area contributed by atoms with Crippen molar-refractivity contribution in [2.75, 3.05) is 20.1 Å². The van der Waals surface area contributed by atoms with E-state index in [1.807, 2.05) is 0 Å². The number of carbonyl (C=O) groups is 2. The number of rotatable bonds is 3. The summed E-state index contributed by atoms with van der Waals surface area (Å²) in [5, 5.41) is 4.86. The van der Waals surface area contributed by atoms with E-state index in [1.54, 1.807) is 12.1 Å². The van der Waals surface area contributed by atoms with Crippen LogP contribution in [0.5, 0.6) is 0 Å². The van der Waals surface area contributed by atoms with Crippen molar-refractivity contribution in [3.63, 3.8) is 0 Å². The van der Waals surface area contributed by atoms with Crippen LogP contribution in [0.2, 0.25) is 0 Å². The summed E-state index contributed by atoms with van der Waals surface area (Å²) in [6.45, 7) is 0.101. The fourth-order valence-corrected chi connectivity index (χ4v) is 1.17. The maximum atomic E-state index is 11.8. The second-order valence-corrected chi connectivity index (χ2v) is 3.26. The van der Waals surface area contributed by atoms with E-state index in [4.69, 9.17) is 5.73 Å². The Hall–Kier alpha value is -2.39. The molecule has 2 amide bonds. The van der Waals surface area contributed by atoms with Gasteiger partial charge in [-0.05, 0) is 12.1 Å². The van der Waals surface area contributed by atoms with Crippen molar-refractivity contribution in [3.8, 4) is 11.8 Å². The lowest BCUT2D eigenvalue weighted by atomic mass is 10.2. The lowest BCUT2D eigenvalue weighted by molar-refractivity contribution is -0.119. The first-order chi connectivity index (χ1) is 8.69. The molecular weight excluding hydrogens is 232 g/mol. The molecule has 0 aliphatic heterocycles. The molecule has 1 aromatic rings. The van der Waals surface area contributed by atoms with Gasteiger partial charge >= 0.3 is 0 Å². The smallest absolute Gasteiger partial charge is 0.271 e. The number of amides is 2. The molecule has 0 aliphatic carbocycles. The summed E-state index contributed by atoms with van der Waals surface area (Å²) in [7, 11) is 1.49. The number of hydrogen-bond acceptors (Lipinski definition) is 4. The van der Waals surface area contributed by atoms with E-state index >= 15 is 0 Å². The van der Waals surface area contributed by atoms with Gasteiger partial charge in [0.2, 0.25) is 5.91 Å². The number of aromatic nitrogens is 1. The summed E-state index contributed by atoms with van der Waals surface area (Å²) in [6.07, 6.45) is 1.49. The van der Waals surface area contributed by atoms with Gasteiger partial charge in [0.05, 0.1) is 18.7 Å². The second-order valence-electron chi connectivity index (χ2n) is 3.26. The van der Waals surface area contributed by atoms with E-state index in [1.165, 1.54) is 13.2 Å². The van der Waals surface area contributed by atoms with Gasteiger partial charge in [-0.15, -0.1) is 0 Å². The molecule has 0 spiro atoms. The molecule has 1 rings (SSSR count). The highest BCUT2D eigenvalue weighted by molar-refractivity contribution is 5.96. The van der Waals surface area contributed by atoms with Crippen LogP contribution in [0.4, 0.5) is 0 Å². The number of nitrogens with two attached hydrogens (primary N) is 1. The molecule has 1 aromatic heterocycles. The Balaban J connectivity index is 2.82. The Bertz CT molecular complexity index is 502. The fraction of sp³-hybridized carbons (Fsp3) is 0.250. The standard InChI is InChI=1S/C12H14N4O2/c1-14-10(17)8-16-12(18)11-9(4-2-6-13)5-3-7-15-11/h3,5,7H,6,8,13H2,1H3,(H,14,17)(H,16,18). The lowest BCUT2D eigenvalue weighted by Gasteiger charge is -2.05. The predicted molar refractivity (Wildman–Crippen MR) is 66.6 cm³/mol. The van der Waals surface area contributed by atoms with E-state index in [9.17, 15) is 9.59 Å². The highest BCUT2D eigenvalue weighted by Crippen LogP contribution is 2.03. The van der Waals surface area contributed by atoms with E-state index in [-0.39, 0.29) is 24.7 Å². The van der Waals surface area contributed by atoms with E-state index in [0.29, 0.717) is 5.56 Å². The minimum absolute atomic E-state index is 0.102. The maximum absolute atomic E-state index is 11.8. The Morgan fingerprint density at radius 2 is 2.28 bits per heavy atom. The lowest BCUT2D eigenvalue weighted by Crippen LogP contribution is -2.35. The van der Waals surface area contributed by atoms with Crippen LogP contribution in [0.3, 0.4) is 0 Å². The molecule has 0 radical (unpaired) electrons. The largest absolute Gasteiger partial charge is 0.358 e. The SMILES string of the molecule is CNC(=O)CNC(=O)c1ncccc1C#CCN. The number of nitrogens with zero attached hydrogens (tertiary/aromatic N) is 1. The molecule has 6 heteroatoms. The van der Waals surface area contributed by atoms with Crippen molar-refractivity contribution >= 4 is 11.8 Å². The topological polar surface area (TPSA) is 97.1 Å². The van der Waals surface area contributed by atoms with E-state index in [0.717, 1.165) is 0 Å².